The molecule has 1 aromatic heterocycles. The number of nitriles is 1. The van der Waals surface area contributed by atoms with E-state index in [-0.39, 0.29) is 6.42 Å². The van der Waals surface area contributed by atoms with Crippen molar-refractivity contribution in [2.24, 2.45) is 0 Å². The number of hydrogen-bond acceptors (Lipinski definition) is 4. The first-order valence-corrected chi connectivity index (χ1v) is 3.73. The lowest BCUT2D eigenvalue weighted by atomic mass is 10.2. The number of hydrogen-bond donors (Lipinski definition) is 1. The molecule has 0 amide bonds. The molecule has 80 valence electrons. The maximum Gasteiger partial charge on any atom is 0.574 e. The number of aromatic nitrogens is 1. The second kappa shape index (κ2) is 4.04. The van der Waals surface area contributed by atoms with Crippen LogP contribution in [0.25, 0.3) is 0 Å². The van der Waals surface area contributed by atoms with Gasteiger partial charge in [-0.25, -0.2) is 4.98 Å². The molecule has 0 atom stereocenters. The van der Waals surface area contributed by atoms with Crippen molar-refractivity contribution in [2.75, 3.05) is 0 Å². The fourth-order valence-corrected chi connectivity index (χ4v) is 0.859. The van der Waals surface area contributed by atoms with Gasteiger partial charge in [0.05, 0.1) is 12.5 Å². The predicted molar refractivity (Wildman–Crippen MR) is 41.9 cm³/mol. The lowest BCUT2D eigenvalue weighted by Crippen LogP contribution is -2.18. The fourth-order valence-electron chi connectivity index (χ4n) is 0.859. The summed E-state index contributed by atoms with van der Waals surface area (Å²) in [6.45, 7) is 0. The van der Waals surface area contributed by atoms with Gasteiger partial charge in [-0.2, -0.15) is 5.26 Å². The third kappa shape index (κ3) is 3.34. The van der Waals surface area contributed by atoms with Crippen molar-refractivity contribution < 1.29 is 23.0 Å². The van der Waals surface area contributed by atoms with Crippen LogP contribution in [0.3, 0.4) is 0 Å². The number of pyridine rings is 1. The van der Waals surface area contributed by atoms with E-state index in [1.807, 2.05) is 0 Å². The molecule has 1 rings (SSSR count). The zero-order chi connectivity index (χ0) is 11.5. The van der Waals surface area contributed by atoms with Gasteiger partial charge in [-0.3, -0.25) is 0 Å². The van der Waals surface area contributed by atoms with Crippen LogP contribution in [-0.4, -0.2) is 16.5 Å². The predicted octanol–water partition coefficient (Wildman–Crippen LogP) is 1.75. The van der Waals surface area contributed by atoms with Crippen molar-refractivity contribution in [3.63, 3.8) is 0 Å². The van der Waals surface area contributed by atoms with Crippen molar-refractivity contribution in [3.05, 3.63) is 17.8 Å². The van der Waals surface area contributed by atoms with E-state index in [1.54, 1.807) is 6.07 Å². The molecule has 0 aliphatic carbocycles. The van der Waals surface area contributed by atoms with E-state index < -0.39 is 18.0 Å². The first kappa shape index (κ1) is 11.1. The number of halogens is 3. The molecule has 0 aliphatic heterocycles. The van der Waals surface area contributed by atoms with Crippen LogP contribution in [0, 0.1) is 11.3 Å². The summed E-state index contributed by atoms with van der Waals surface area (Å²) in [6, 6.07) is 2.76. The zero-order valence-corrected chi connectivity index (χ0v) is 7.25. The molecule has 1 N–H and O–H groups in total. The monoisotopic (exact) mass is 218 g/mol. The number of rotatable bonds is 2. The first-order chi connectivity index (χ1) is 6.92. The molecule has 0 aromatic carbocycles. The summed E-state index contributed by atoms with van der Waals surface area (Å²) in [7, 11) is 0. The SMILES string of the molecule is N#CCc1cnc(OC(F)(F)F)c(O)c1. The Bertz CT molecular complexity index is 398. The standard InChI is InChI=1S/C8H5F3N2O2/c9-8(10,11)15-7-6(14)3-5(1-2-12)4-13-7/h3-4,14H,1H2. The van der Waals surface area contributed by atoms with Crippen LogP contribution in [0.15, 0.2) is 12.3 Å². The van der Waals surface area contributed by atoms with Crippen LogP contribution in [0.4, 0.5) is 13.2 Å². The Balaban J connectivity index is 2.89. The molecule has 0 aliphatic rings. The van der Waals surface area contributed by atoms with Crippen LogP contribution < -0.4 is 4.74 Å². The van der Waals surface area contributed by atoms with Crippen LogP contribution in [0.5, 0.6) is 11.6 Å². The van der Waals surface area contributed by atoms with Gasteiger partial charge < -0.3 is 9.84 Å². The lowest BCUT2D eigenvalue weighted by Gasteiger charge is -2.09. The summed E-state index contributed by atoms with van der Waals surface area (Å²) in [5.41, 5.74) is 0.310. The summed E-state index contributed by atoms with van der Waals surface area (Å²) in [5, 5.41) is 17.4. The minimum absolute atomic E-state index is 0.0488. The molecule has 0 fully saturated rings. The minimum Gasteiger partial charge on any atom is -0.503 e. The van der Waals surface area contributed by atoms with Crippen LogP contribution in [0.2, 0.25) is 0 Å². The molecule has 15 heavy (non-hydrogen) atoms. The Kier molecular flexibility index (Phi) is 2.99. The summed E-state index contributed by atoms with van der Waals surface area (Å²) < 4.78 is 38.7. The molecule has 1 heterocycles. The minimum atomic E-state index is -4.90. The summed E-state index contributed by atoms with van der Waals surface area (Å²) in [6.07, 6.45) is -3.92. The highest BCUT2D eigenvalue weighted by Gasteiger charge is 2.33. The van der Waals surface area contributed by atoms with E-state index in [2.05, 4.69) is 9.72 Å². The quantitative estimate of drug-likeness (QED) is 0.821. The van der Waals surface area contributed by atoms with Crippen molar-refractivity contribution >= 4 is 0 Å². The maximum absolute atomic E-state index is 11.7. The first-order valence-electron chi connectivity index (χ1n) is 3.73. The third-order valence-electron chi connectivity index (χ3n) is 1.38. The van der Waals surface area contributed by atoms with Gasteiger partial charge in [-0.05, 0) is 11.6 Å². The molecule has 0 saturated heterocycles. The largest absolute Gasteiger partial charge is 0.574 e. The Morgan fingerprint density at radius 2 is 2.20 bits per heavy atom. The van der Waals surface area contributed by atoms with Crippen LogP contribution in [0.1, 0.15) is 5.56 Å². The average Bonchev–Trinajstić information content (AvgIpc) is 2.08. The summed E-state index contributed by atoms with van der Waals surface area (Å²) in [4.78, 5) is 3.24. The van der Waals surface area contributed by atoms with E-state index in [4.69, 9.17) is 10.4 Å². The van der Waals surface area contributed by atoms with Gasteiger partial charge in [-0.15, -0.1) is 13.2 Å². The highest BCUT2D eigenvalue weighted by atomic mass is 19.4. The second-order valence-electron chi connectivity index (χ2n) is 2.55. The molecular formula is C8H5F3N2O2. The topological polar surface area (TPSA) is 66.1 Å². The number of ether oxygens (including phenoxy) is 1. The number of aromatic hydroxyl groups is 1. The molecule has 0 unspecified atom stereocenters. The van der Waals surface area contributed by atoms with Gasteiger partial charge in [0.1, 0.15) is 0 Å². The van der Waals surface area contributed by atoms with E-state index >= 15 is 0 Å². The van der Waals surface area contributed by atoms with Gasteiger partial charge in [0.2, 0.25) is 0 Å². The summed E-state index contributed by atoms with van der Waals surface area (Å²) in [5.74, 6) is -1.68. The van der Waals surface area contributed by atoms with E-state index in [0.29, 0.717) is 5.56 Å². The average molecular weight is 218 g/mol. The maximum atomic E-state index is 11.7. The Morgan fingerprint density at radius 3 is 2.67 bits per heavy atom. The van der Waals surface area contributed by atoms with Crippen molar-refractivity contribution in [3.8, 4) is 17.7 Å². The Labute approximate surface area is 82.5 Å². The van der Waals surface area contributed by atoms with Gasteiger partial charge in [0, 0.05) is 6.20 Å². The second-order valence-corrected chi connectivity index (χ2v) is 2.55. The van der Waals surface area contributed by atoms with Crippen LogP contribution in [-0.2, 0) is 6.42 Å². The van der Waals surface area contributed by atoms with Crippen molar-refractivity contribution in [1.82, 2.24) is 4.98 Å². The molecule has 7 heteroatoms. The van der Waals surface area contributed by atoms with E-state index in [1.165, 1.54) is 0 Å². The van der Waals surface area contributed by atoms with Gasteiger partial charge in [0.25, 0.3) is 5.88 Å². The normalized spacial score (nSPS) is 10.8. The summed E-state index contributed by atoms with van der Waals surface area (Å²) >= 11 is 0. The Hall–Kier alpha value is -1.97. The van der Waals surface area contributed by atoms with Gasteiger partial charge in [-0.1, -0.05) is 0 Å². The molecule has 0 bridgehead atoms. The molecule has 0 spiro atoms. The van der Waals surface area contributed by atoms with Crippen LogP contribution >= 0.6 is 0 Å². The highest BCUT2D eigenvalue weighted by Crippen LogP contribution is 2.29. The van der Waals surface area contributed by atoms with E-state index in [0.717, 1.165) is 12.3 Å². The molecule has 0 radical (unpaired) electrons. The Morgan fingerprint density at radius 1 is 1.53 bits per heavy atom. The van der Waals surface area contributed by atoms with Gasteiger partial charge in [0.15, 0.2) is 5.75 Å². The smallest absolute Gasteiger partial charge is 0.503 e. The lowest BCUT2D eigenvalue weighted by molar-refractivity contribution is -0.276. The number of nitrogens with zero attached hydrogens (tertiary/aromatic N) is 2. The molecule has 1 aromatic rings. The molecule has 0 saturated carbocycles. The zero-order valence-electron chi connectivity index (χ0n) is 7.25. The van der Waals surface area contributed by atoms with Crippen molar-refractivity contribution in [2.45, 2.75) is 12.8 Å². The number of alkyl halides is 3. The molecular weight excluding hydrogens is 213 g/mol. The van der Waals surface area contributed by atoms with E-state index in [9.17, 15) is 13.2 Å². The van der Waals surface area contributed by atoms with Gasteiger partial charge >= 0.3 is 6.36 Å². The third-order valence-corrected chi connectivity index (χ3v) is 1.38. The van der Waals surface area contributed by atoms with Crippen molar-refractivity contribution in [1.29, 1.82) is 5.26 Å². The highest BCUT2D eigenvalue weighted by molar-refractivity contribution is 5.35. The molecule has 4 nitrogen and oxygen atoms in total. The fraction of sp³-hybridized carbons (Fsp3) is 0.250.